The van der Waals surface area contributed by atoms with Gasteiger partial charge in [-0.15, -0.1) is 0 Å². The van der Waals surface area contributed by atoms with Crippen LogP contribution in [0, 0.1) is 0 Å². The van der Waals surface area contributed by atoms with E-state index in [9.17, 15) is 9.59 Å². The van der Waals surface area contributed by atoms with Gasteiger partial charge >= 0.3 is 0 Å². The number of rotatable bonds is 9. The van der Waals surface area contributed by atoms with Gasteiger partial charge in [0.15, 0.2) is 0 Å². The number of para-hydroxylation sites is 2. The van der Waals surface area contributed by atoms with Crippen LogP contribution in [0.3, 0.4) is 0 Å². The molecule has 1 aromatic heterocycles. The van der Waals surface area contributed by atoms with Crippen LogP contribution in [-0.2, 0) is 4.79 Å². The summed E-state index contributed by atoms with van der Waals surface area (Å²) in [4.78, 5) is 31.6. The molecule has 1 saturated carbocycles. The number of ether oxygens (including phenoxy) is 1. The predicted octanol–water partition coefficient (Wildman–Crippen LogP) is 6.40. The molecule has 6 nitrogen and oxygen atoms in total. The van der Waals surface area contributed by atoms with Crippen LogP contribution in [0.4, 0.5) is 5.69 Å². The lowest BCUT2D eigenvalue weighted by Gasteiger charge is -2.39. The lowest BCUT2D eigenvalue weighted by Crippen LogP contribution is -2.47. The minimum absolute atomic E-state index is 0.0244. The largest absolute Gasteiger partial charge is 0.494 e. The van der Waals surface area contributed by atoms with Crippen molar-refractivity contribution in [2.24, 2.45) is 0 Å². The fourth-order valence-electron chi connectivity index (χ4n) is 5.38. The number of carbonyl (C=O) groups is 2. The van der Waals surface area contributed by atoms with E-state index >= 15 is 0 Å². The SMILES string of the molecule is CCCCOc1ccc(C(=O)N(CC(=O)N2c3ccccc3-n3cccc3C2c2ccccc2)C2CC2)cc1. The number of amides is 2. The van der Waals surface area contributed by atoms with E-state index in [-0.39, 0.29) is 30.4 Å². The van der Waals surface area contributed by atoms with Crippen LogP contribution in [0.15, 0.2) is 97.2 Å². The maximum absolute atomic E-state index is 14.3. The standard InChI is InChI=1S/C33H33N3O3/c1-2-3-22-39-27-19-15-25(16-20-27)33(38)35(26-17-18-26)23-31(37)36-29-13-8-7-12-28(29)34-21-9-14-30(34)32(36)24-10-5-4-6-11-24/h4-16,19-21,26,32H,2-3,17-18,22-23H2,1H3. The van der Waals surface area contributed by atoms with E-state index in [0.717, 1.165) is 54.1 Å². The van der Waals surface area contributed by atoms with Gasteiger partial charge in [0.1, 0.15) is 18.3 Å². The molecule has 2 aliphatic rings. The maximum atomic E-state index is 14.3. The zero-order valence-corrected chi connectivity index (χ0v) is 22.2. The molecule has 2 heterocycles. The highest BCUT2D eigenvalue weighted by Gasteiger charge is 2.40. The first-order chi connectivity index (χ1) is 19.2. The van der Waals surface area contributed by atoms with Gasteiger partial charge in [0.25, 0.3) is 5.91 Å². The Balaban J connectivity index is 1.30. The summed E-state index contributed by atoms with van der Waals surface area (Å²) in [7, 11) is 0. The Morgan fingerprint density at radius 1 is 0.872 bits per heavy atom. The zero-order valence-electron chi connectivity index (χ0n) is 22.2. The highest BCUT2D eigenvalue weighted by molar-refractivity contribution is 6.03. The van der Waals surface area contributed by atoms with E-state index in [0.29, 0.717) is 12.2 Å². The molecule has 1 unspecified atom stereocenters. The molecule has 2 amide bonds. The van der Waals surface area contributed by atoms with E-state index < -0.39 is 0 Å². The fraction of sp³-hybridized carbons (Fsp3) is 0.273. The normalized spacial score (nSPS) is 15.8. The molecule has 1 aliphatic heterocycles. The van der Waals surface area contributed by atoms with Gasteiger partial charge in [0.2, 0.25) is 5.91 Å². The Hall–Kier alpha value is -4.32. The average molecular weight is 520 g/mol. The lowest BCUT2D eigenvalue weighted by molar-refractivity contribution is -0.119. The molecule has 0 radical (unpaired) electrons. The van der Waals surface area contributed by atoms with Gasteiger partial charge in [-0.1, -0.05) is 55.8 Å². The van der Waals surface area contributed by atoms with Gasteiger partial charge in [-0.05, 0) is 73.4 Å². The second kappa shape index (κ2) is 10.8. The molecule has 39 heavy (non-hydrogen) atoms. The number of unbranched alkanes of at least 4 members (excludes halogenated alkanes) is 1. The van der Waals surface area contributed by atoms with Crippen molar-refractivity contribution in [1.29, 1.82) is 0 Å². The second-order valence-electron chi connectivity index (χ2n) is 10.3. The van der Waals surface area contributed by atoms with Crippen molar-refractivity contribution in [2.75, 3.05) is 18.1 Å². The van der Waals surface area contributed by atoms with Crippen molar-refractivity contribution in [1.82, 2.24) is 9.47 Å². The smallest absolute Gasteiger partial charge is 0.254 e. The first kappa shape index (κ1) is 25.0. The van der Waals surface area contributed by atoms with Crippen molar-refractivity contribution >= 4 is 17.5 Å². The second-order valence-corrected chi connectivity index (χ2v) is 10.3. The van der Waals surface area contributed by atoms with Gasteiger partial charge in [-0.25, -0.2) is 0 Å². The molecule has 6 rings (SSSR count). The van der Waals surface area contributed by atoms with E-state index in [1.807, 2.05) is 71.8 Å². The number of nitrogens with zero attached hydrogens (tertiary/aromatic N) is 3. The molecule has 4 aromatic rings. The number of hydrogen-bond donors (Lipinski definition) is 0. The van der Waals surface area contributed by atoms with Crippen LogP contribution in [0.25, 0.3) is 5.69 Å². The molecular formula is C33H33N3O3. The molecule has 0 N–H and O–H groups in total. The van der Waals surface area contributed by atoms with Crippen LogP contribution in [0.2, 0.25) is 0 Å². The maximum Gasteiger partial charge on any atom is 0.254 e. The van der Waals surface area contributed by atoms with Crippen molar-refractivity contribution in [3.8, 4) is 11.4 Å². The molecule has 1 aliphatic carbocycles. The summed E-state index contributed by atoms with van der Waals surface area (Å²) < 4.78 is 7.92. The van der Waals surface area contributed by atoms with Gasteiger partial charge < -0.3 is 14.2 Å². The van der Waals surface area contributed by atoms with Crippen LogP contribution in [-0.4, -0.2) is 40.5 Å². The van der Waals surface area contributed by atoms with Gasteiger partial charge in [0.05, 0.1) is 23.7 Å². The van der Waals surface area contributed by atoms with Crippen LogP contribution >= 0.6 is 0 Å². The van der Waals surface area contributed by atoms with E-state index in [1.54, 1.807) is 17.0 Å². The Morgan fingerprint density at radius 3 is 2.31 bits per heavy atom. The number of carbonyl (C=O) groups excluding carboxylic acids is 2. The first-order valence-corrected chi connectivity index (χ1v) is 13.8. The minimum Gasteiger partial charge on any atom is -0.494 e. The molecule has 6 heteroatoms. The van der Waals surface area contributed by atoms with Crippen molar-refractivity contribution < 1.29 is 14.3 Å². The molecular weight excluding hydrogens is 486 g/mol. The number of benzene rings is 3. The average Bonchev–Trinajstić information content (AvgIpc) is 3.70. The number of anilines is 1. The molecule has 1 fully saturated rings. The molecule has 0 spiro atoms. The van der Waals surface area contributed by atoms with Crippen LogP contribution < -0.4 is 9.64 Å². The molecule has 198 valence electrons. The summed E-state index contributed by atoms with van der Waals surface area (Å²) in [6.07, 6.45) is 5.94. The zero-order chi connectivity index (χ0) is 26.8. The first-order valence-electron chi connectivity index (χ1n) is 13.8. The summed E-state index contributed by atoms with van der Waals surface area (Å²) in [5.74, 6) is 0.548. The summed E-state index contributed by atoms with van der Waals surface area (Å²) in [6.45, 7) is 2.81. The van der Waals surface area contributed by atoms with E-state index in [4.69, 9.17) is 4.74 Å². The highest BCUT2D eigenvalue weighted by Crippen LogP contribution is 2.42. The van der Waals surface area contributed by atoms with Crippen molar-refractivity contribution in [3.63, 3.8) is 0 Å². The quantitative estimate of drug-likeness (QED) is 0.241. The van der Waals surface area contributed by atoms with Crippen molar-refractivity contribution in [3.05, 3.63) is 114 Å². The summed E-state index contributed by atoms with van der Waals surface area (Å²) in [5, 5.41) is 0. The topological polar surface area (TPSA) is 54.8 Å². The van der Waals surface area contributed by atoms with Crippen molar-refractivity contribution in [2.45, 2.75) is 44.7 Å². The lowest BCUT2D eigenvalue weighted by atomic mass is 9.97. The van der Waals surface area contributed by atoms with Crippen LogP contribution in [0.5, 0.6) is 5.75 Å². The number of fused-ring (bicyclic) bond motifs is 3. The summed E-state index contributed by atoms with van der Waals surface area (Å²) >= 11 is 0. The molecule has 0 bridgehead atoms. The minimum atomic E-state index is -0.292. The predicted molar refractivity (Wildman–Crippen MR) is 152 cm³/mol. The third kappa shape index (κ3) is 4.94. The number of hydrogen-bond acceptors (Lipinski definition) is 3. The highest BCUT2D eigenvalue weighted by atomic mass is 16.5. The van der Waals surface area contributed by atoms with Crippen LogP contribution in [0.1, 0.15) is 60.3 Å². The molecule has 3 aromatic carbocycles. The summed E-state index contributed by atoms with van der Waals surface area (Å²) in [5.41, 5.74) is 4.43. The van der Waals surface area contributed by atoms with E-state index in [1.165, 1.54) is 0 Å². The Morgan fingerprint density at radius 2 is 1.59 bits per heavy atom. The third-order valence-corrected chi connectivity index (χ3v) is 7.53. The van der Waals surface area contributed by atoms with Gasteiger partial charge in [-0.2, -0.15) is 0 Å². The Kier molecular flexibility index (Phi) is 6.93. The number of aromatic nitrogens is 1. The monoisotopic (exact) mass is 519 g/mol. The molecule has 1 atom stereocenters. The third-order valence-electron chi connectivity index (χ3n) is 7.53. The van der Waals surface area contributed by atoms with E-state index in [2.05, 4.69) is 29.7 Å². The summed E-state index contributed by atoms with van der Waals surface area (Å²) in [6, 6.07) is 29.3. The molecule has 0 saturated heterocycles. The Labute approximate surface area is 229 Å². The van der Waals surface area contributed by atoms with Gasteiger partial charge in [0, 0.05) is 17.8 Å². The Bertz CT molecular complexity index is 1460. The fourth-order valence-corrected chi connectivity index (χ4v) is 5.38. The van der Waals surface area contributed by atoms with Gasteiger partial charge in [-0.3, -0.25) is 14.5 Å².